The first-order chi connectivity index (χ1) is 13.2. The molecule has 28 heavy (non-hydrogen) atoms. The van der Waals surface area contributed by atoms with E-state index in [0.29, 0.717) is 18.5 Å². The lowest BCUT2D eigenvalue weighted by Gasteiger charge is -2.35. The van der Waals surface area contributed by atoms with Gasteiger partial charge in [-0.15, -0.1) is 34.2 Å². The van der Waals surface area contributed by atoms with Crippen molar-refractivity contribution >= 4 is 29.9 Å². The summed E-state index contributed by atoms with van der Waals surface area (Å²) in [4.78, 5) is 7.30. The minimum absolute atomic E-state index is 0. The predicted octanol–water partition coefficient (Wildman–Crippen LogP) is 1.64. The highest BCUT2D eigenvalue weighted by molar-refractivity contribution is 14.0. The molecule has 2 N–H and O–H groups in total. The van der Waals surface area contributed by atoms with Crippen LogP contribution >= 0.6 is 24.0 Å². The van der Waals surface area contributed by atoms with Crippen LogP contribution in [0.15, 0.2) is 4.99 Å². The predicted molar refractivity (Wildman–Crippen MR) is 122 cm³/mol. The molecule has 9 heteroatoms. The normalized spacial score (nSPS) is 18.6. The van der Waals surface area contributed by atoms with Crippen molar-refractivity contribution in [1.29, 1.82) is 0 Å². The number of hydrogen-bond acceptors (Lipinski definition) is 5. The van der Waals surface area contributed by atoms with E-state index < -0.39 is 0 Å². The molecule has 0 saturated carbocycles. The van der Waals surface area contributed by atoms with E-state index in [1.54, 1.807) is 0 Å². The Bertz CT molecular complexity index is 613. The smallest absolute Gasteiger partial charge is 0.191 e. The molecule has 0 spiro atoms. The first kappa shape index (κ1) is 23.3. The summed E-state index contributed by atoms with van der Waals surface area (Å²) in [6, 6.07) is 0.495. The van der Waals surface area contributed by atoms with Gasteiger partial charge in [0.05, 0.1) is 13.2 Å². The second-order valence-electron chi connectivity index (χ2n) is 7.80. The van der Waals surface area contributed by atoms with Crippen molar-refractivity contribution in [2.75, 3.05) is 39.4 Å². The number of hydrogen-bond donors (Lipinski definition) is 2. The second-order valence-corrected chi connectivity index (χ2v) is 7.80. The van der Waals surface area contributed by atoms with Crippen molar-refractivity contribution in [2.24, 2.45) is 10.9 Å². The summed E-state index contributed by atoms with van der Waals surface area (Å²) in [7, 11) is 0. The van der Waals surface area contributed by atoms with Gasteiger partial charge in [-0.05, 0) is 25.7 Å². The van der Waals surface area contributed by atoms with Crippen molar-refractivity contribution < 1.29 is 4.74 Å². The molecular formula is C19H36IN7O. The number of aryl methyl sites for hydroxylation is 1. The van der Waals surface area contributed by atoms with Crippen LogP contribution in [0.5, 0.6) is 0 Å². The minimum Gasteiger partial charge on any atom is -0.379 e. The van der Waals surface area contributed by atoms with E-state index in [9.17, 15) is 0 Å². The van der Waals surface area contributed by atoms with E-state index in [2.05, 4.69) is 51.1 Å². The summed E-state index contributed by atoms with van der Waals surface area (Å²) in [5, 5.41) is 15.5. The van der Waals surface area contributed by atoms with E-state index in [1.165, 1.54) is 6.42 Å². The van der Waals surface area contributed by atoms with Crippen LogP contribution in [-0.2, 0) is 24.2 Å². The van der Waals surface area contributed by atoms with Crippen LogP contribution < -0.4 is 10.6 Å². The lowest BCUT2D eigenvalue weighted by molar-refractivity contribution is 0.0132. The number of guanidine groups is 1. The third-order valence-electron chi connectivity index (χ3n) is 5.22. The number of aliphatic imine (C=N–C) groups is 1. The van der Waals surface area contributed by atoms with Gasteiger partial charge >= 0.3 is 0 Å². The maximum absolute atomic E-state index is 5.52. The molecule has 0 amide bonds. The standard InChI is InChI=1S/C19H35N7O.HI/c1-4-20-19(22-14-18-24-23-17-6-5-7-26(17)18)21-13-16(12-15(2)3)25-8-10-27-11-9-25;/h15-16H,4-14H2,1-3H3,(H2,20,21,22);1H. The van der Waals surface area contributed by atoms with Gasteiger partial charge in [0.2, 0.25) is 0 Å². The van der Waals surface area contributed by atoms with Gasteiger partial charge in [-0.1, -0.05) is 13.8 Å². The van der Waals surface area contributed by atoms with Gasteiger partial charge in [0.15, 0.2) is 11.8 Å². The van der Waals surface area contributed by atoms with Crippen LogP contribution in [-0.4, -0.2) is 71.1 Å². The molecule has 0 bridgehead atoms. The third kappa shape index (κ3) is 6.55. The quantitative estimate of drug-likeness (QED) is 0.318. The first-order valence-electron chi connectivity index (χ1n) is 10.4. The number of morpholine rings is 1. The number of ether oxygens (including phenoxy) is 1. The Balaban J connectivity index is 0.00000280. The molecule has 1 aromatic heterocycles. The summed E-state index contributed by atoms with van der Waals surface area (Å²) in [5.74, 6) is 3.58. The lowest BCUT2D eigenvalue weighted by Crippen LogP contribution is -2.51. The second kappa shape index (κ2) is 11.9. The van der Waals surface area contributed by atoms with Gasteiger partial charge in [-0.25, -0.2) is 4.99 Å². The SMILES string of the molecule is CCNC(=NCc1nnc2n1CCC2)NCC(CC(C)C)N1CCOCC1.I. The van der Waals surface area contributed by atoms with E-state index in [0.717, 1.165) is 76.4 Å². The monoisotopic (exact) mass is 505 g/mol. The molecule has 0 radical (unpaired) electrons. The Morgan fingerprint density at radius 3 is 2.68 bits per heavy atom. The molecule has 160 valence electrons. The number of aromatic nitrogens is 3. The van der Waals surface area contributed by atoms with Gasteiger partial charge in [-0.2, -0.15) is 0 Å². The van der Waals surface area contributed by atoms with Crippen LogP contribution in [0.4, 0.5) is 0 Å². The van der Waals surface area contributed by atoms with Gasteiger partial charge < -0.3 is 19.9 Å². The highest BCUT2D eigenvalue weighted by Crippen LogP contribution is 2.15. The number of halogens is 1. The van der Waals surface area contributed by atoms with E-state index in [-0.39, 0.29) is 24.0 Å². The number of rotatable bonds is 8. The number of nitrogens with zero attached hydrogens (tertiary/aromatic N) is 5. The molecule has 1 unspecified atom stereocenters. The van der Waals surface area contributed by atoms with E-state index in [4.69, 9.17) is 9.73 Å². The third-order valence-corrected chi connectivity index (χ3v) is 5.22. The molecular weight excluding hydrogens is 469 g/mol. The van der Waals surface area contributed by atoms with E-state index in [1.807, 2.05) is 0 Å². The minimum atomic E-state index is 0. The fourth-order valence-electron chi connectivity index (χ4n) is 3.88. The van der Waals surface area contributed by atoms with Crippen LogP contribution in [0.3, 0.4) is 0 Å². The Hall–Kier alpha value is -0.940. The zero-order valence-corrected chi connectivity index (χ0v) is 19.8. The molecule has 1 saturated heterocycles. The largest absolute Gasteiger partial charge is 0.379 e. The van der Waals surface area contributed by atoms with Crippen LogP contribution in [0.25, 0.3) is 0 Å². The molecule has 1 fully saturated rings. The highest BCUT2D eigenvalue weighted by Gasteiger charge is 2.22. The van der Waals surface area contributed by atoms with Gasteiger partial charge in [0, 0.05) is 45.2 Å². The zero-order chi connectivity index (χ0) is 19.1. The molecule has 1 aromatic rings. The fraction of sp³-hybridized carbons (Fsp3) is 0.842. The average molecular weight is 505 g/mol. The topological polar surface area (TPSA) is 79.6 Å². The van der Waals surface area contributed by atoms with Crippen LogP contribution in [0, 0.1) is 5.92 Å². The maximum atomic E-state index is 5.52. The number of nitrogens with one attached hydrogen (secondary N) is 2. The molecule has 0 aliphatic carbocycles. The van der Waals surface area contributed by atoms with Gasteiger partial charge in [0.25, 0.3) is 0 Å². The van der Waals surface area contributed by atoms with E-state index >= 15 is 0 Å². The maximum Gasteiger partial charge on any atom is 0.191 e. The first-order valence-corrected chi connectivity index (χ1v) is 10.4. The summed E-state index contributed by atoms with van der Waals surface area (Å²) in [5.41, 5.74) is 0. The summed E-state index contributed by atoms with van der Waals surface area (Å²) in [6.45, 7) is 13.7. The van der Waals surface area contributed by atoms with Gasteiger partial charge in [0.1, 0.15) is 12.4 Å². The summed E-state index contributed by atoms with van der Waals surface area (Å²) in [6.07, 6.45) is 3.37. The molecule has 2 aliphatic rings. The van der Waals surface area contributed by atoms with Crippen molar-refractivity contribution in [2.45, 2.75) is 59.2 Å². The molecule has 3 heterocycles. The lowest BCUT2D eigenvalue weighted by atomic mass is 10.0. The van der Waals surface area contributed by atoms with Gasteiger partial charge in [-0.3, -0.25) is 4.90 Å². The van der Waals surface area contributed by atoms with Crippen molar-refractivity contribution in [3.63, 3.8) is 0 Å². The summed E-state index contributed by atoms with van der Waals surface area (Å²) >= 11 is 0. The van der Waals surface area contributed by atoms with Crippen molar-refractivity contribution in [3.05, 3.63) is 11.6 Å². The van der Waals surface area contributed by atoms with Crippen molar-refractivity contribution in [3.8, 4) is 0 Å². The van der Waals surface area contributed by atoms with Crippen LogP contribution in [0.1, 0.15) is 45.3 Å². The molecule has 3 rings (SSSR count). The molecule has 2 aliphatic heterocycles. The average Bonchev–Trinajstić information content (AvgIpc) is 3.27. The summed E-state index contributed by atoms with van der Waals surface area (Å²) < 4.78 is 7.73. The highest BCUT2D eigenvalue weighted by atomic mass is 127. The van der Waals surface area contributed by atoms with Crippen molar-refractivity contribution in [1.82, 2.24) is 30.3 Å². The Kier molecular flexibility index (Phi) is 9.93. The Labute approximate surface area is 185 Å². The number of fused-ring (bicyclic) bond motifs is 1. The molecule has 0 aromatic carbocycles. The fourth-order valence-corrected chi connectivity index (χ4v) is 3.88. The molecule has 8 nitrogen and oxygen atoms in total. The Morgan fingerprint density at radius 1 is 1.18 bits per heavy atom. The zero-order valence-electron chi connectivity index (χ0n) is 17.5. The van der Waals surface area contributed by atoms with Crippen LogP contribution in [0.2, 0.25) is 0 Å². The molecule has 1 atom stereocenters. The Morgan fingerprint density at radius 2 is 1.96 bits per heavy atom.